The summed E-state index contributed by atoms with van der Waals surface area (Å²) in [5.41, 5.74) is 8.69. The molecule has 0 aliphatic heterocycles. The highest BCUT2D eigenvalue weighted by Gasteiger charge is 2.26. The second kappa shape index (κ2) is 4.69. The van der Waals surface area contributed by atoms with Gasteiger partial charge in [0.15, 0.2) is 0 Å². The predicted octanol–water partition coefficient (Wildman–Crippen LogP) is 3.83. The highest BCUT2D eigenvalue weighted by atomic mass is 16.3. The van der Waals surface area contributed by atoms with E-state index in [2.05, 4.69) is 33.8 Å². The predicted molar refractivity (Wildman–Crippen MR) is 73.5 cm³/mol. The van der Waals surface area contributed by atoms with Crippen molar-refractivity contribution in [3.8, 4) is 5.75 Å². The first-order chi connectivity index (χ1) is 7.66. The molecular weight excluding hydrogens is 210 g/mol. The molecule has 0 aliphatic carbocycles. The Morgan fingerprint density at radius 1 is 1.00 bits per heavy atom. The third-order valence-corrected chi connectivity index (χ3v) is 3.13. The maximum atomic E-state index is 10.4. The Hall–Kier alpha value is -1.02. The molecule has 0 saturated heterocycles. The first-order valence-corrected chi connectivity index (χ1v) is 6.31. The van der Waals surface area contributed by atoms with Crippen LogP contribution in [0.25, 0.3) is 0 Å². The minimum absolute atomic E-state index is 0.303. The van der Waals surface area contributed by atoms with E-state index in [4.69, 9.17) is 5.73 Å². The largest absolute Gasteiger partial charge is 0.507 e. The van der Waals surface area contributed by atoms with E-state index in [1.807, 2.05) is 19.9 Å². The summed E-state index contributed by atoms with van der Waals surface area (Å²) >= 11 is 0. The number of hydrogen-bond donors (Lipinski definition) is 2. The molecule has 1 aromatic carbocycles. The van der Waals surface area contributed by atoms with Crippen molar-refractivity contribution in [3.63, 3.8) is 0 Å². The first-order valence-electron chi connectivity index (χ1n) is 6.31. The van der Waals surface area contributed by atoms with Gasteiger partial charge in [-0.15, -0.1) is 0 Å². The van der Waals surface area contributed by atoms with Crippen molar-refractivity contribution < 1.29 is 5.11 Å². The van der Waals surface area contributed by atoms with E-state index in [0.29, 0.717) is 17.6 Å². The Balaban J connectivity index is 3.54. The van der Waals surface area contributed by atoms with Crippen molar-refractivity contribution in [2.45, 2.75) is 58.9 Å². The highest BCUT2D eigenvalue weighted by Crippen LogP contribution is 2.39. The van der Waals surface area contributed by atoms with E-state index >= 15 is 0 Å². The van der Waals surface area contributed by atoms with E-state index < -0.39 is 5.54 Å². The van der Waals surface area contributed by atoms with Crippen molar-refractivity contribution in [2.24, 2.45) is 5.73 Å². The Labute approximate surface area is 105 Å². The van der Waals surface area contributed by atoms with Crippen LogP contribution in [0.15, 0.2) is 12.1 Å². The normalized spacial score (nSPS) is 12.5. The van der Waals surface area contributed by atoms with Crippen LogP contribution < -0.4 is 5.73 Å². The van der Waals surface area contributed by atoms with E-state index in [9.17, 15) is 5.11 Å². The topological polar surface area (TPSA) is 46.2 Å². The highest BCUT2D eigenvalue weighted by molar-refractivity contribution is 5.51. The van der Waals surface area contributed by atoms with Gasteiger partial charge in [0, 0.05) is 11.1 Å². The molecule has 3 N–H and O–H groups in total. The summed E-state index contributed by atoms with van der Waals surface area (Å²) in [6, 6.07) is 4.12. The molecule has 2 heteroatoms. The van der Waals surface area contributed by atoms with Crippen molar-refractivity contribution in [1.29, 1.82) is 0 Å². The van der Waals surface area contributed by atoms with Gasteiger partial charge >= 0.3 is 0 Å². The fraction of sp³-hybridized carbons (Fsp3) is 0.600. The maximum Gasteiger partial charge on any atom is 0.124 e. The molecule has 0 spiro atoms. The van der Waals surface area contributed by atoms with Crippen LogP contribution in [0.4, 0.5) is 0 Å². The lowest BCUT2D eigenvalue weighted by Crippen LogP contribution is -2.30. The van der Waals surface area contributed by atoms with Gasteiger partial charge in [0.05, 0.1) is 0 Å². The van der Waals surface area contributed by atoms with E-state index in [1.165, 1.54) is 0 Å². The second-order valence-corrected chi connectivity index (χ2v) is 6.00. The molecule has 1 aromatic rings. The Morgan fingerprint density at radius 2 is 1.41 bits per heavy atom. The van der Waals surface area contributed by atoms with E-state index in [-0.39, 0.29) is 0 Å². The number of nitrogens with two attached hydrogens (primary N) is 1. The molecule has 17 heavy (non-hydrogen) atoms. The van der Waals surface area contributed by atoms with Gasteiger partial charge in [-0.25, -0.2) is 0 Å². The number of aromatic hydroxyl groups is 1. The van der Waals surface area contributed by atoms with Crippen LogP contribution in [0.2, 0.25) is 0 Å². The van der Waals surface area contributed by atoms with Gasteiger partial charge < -0.3 is 10.8 Å². The Morgan fingerprint density at radius 3 is 1.76 bits per heavy atom. The molecular formula is C15H25NO. The molecule has 0 radical (unpaired) electrons. The molecule has 0 saturated carbocycles. The minimum atomic E-state index is -0.519. The maximum absolute atomic E-state index is 10.4. The molecule has 0 atom stereocenters. The van der Waals surface area contributed by atoms with Crippen molar-refractivity contribution >= 4 is 0 Å². The zero-order chi connectivity index (χ0) is 13.4. The summed E-state index contributed by atoms with van der Waals surface area (Å²) in [7, 11) is 0. The average Bonchev–Trinajstić information content (AvgIpc) is 2.14. The van der Waals surface area contributed by atoms with Crippen LogP contribution in [0.3, 0.4) is 0 Å². The third kappa shape index (κ3) is 2.81. The van der Waals surface area contributed by atoms with Gasteiger partial charge in [0.25, 0.3) is 0 Å². The fourth-order valence-electron chi connectivity index (χ4n) is 2.25. The summed E-state index contributed by atoms with van der Waals surface area (Å²) in [6.07, 6.45) is 0. The SMILES string of the molecule is CC(C)c1ccc(C(C)C)c(C(C)(C)N)c1O. The van der Waals surface area contributed by atoms with Crippen LogP contribution in [0, 0.1) is 0 Å². The third-order valence-electron chi connectivity index (χ3n) is 3.13. The average molecular weight is 235 g/mol. The molecule has 2 nitrogen and oxygen atoms in total. The van der Waals surface area contributed by atoms with Gasteiger partial charge in [-0.2, -0.15) is 0 Å². The zero-order valence-corrected chi connectivity index (χ0v) is 11.8. The molecule has 0 bridgehead atoms. The van der Waals surface area contributed by atoms with Gasteiger partial charge in [-0.05, 0) is 36.8 Å². The van der Waals surface area contributed by atoms with Crippen molar-refractivity contribution in [1.82, 2.24) is 0 Å². The van der Waals surface area contributed by atoms with Crippen LogP contribution in [-0.2, 0) is 5.54 Å². The second-order valence-electron chi connectivity index (χ2n) is 6.00. The summed E-state index contributed by atoms with van der Waals surface area (Å²) in [4.78, 5) is 0. The van der Waals surface area contributed by atoms with E-state index in [1.54, 1.807) is 0 Å². The molecule has 1 rings (SSSR count). The summed E-state index contributed by atoms with van der Waals surface area (Å²) in [5, 5.41) is 10.4. The van der Waals surface area contributed by atoms with Crippen LogP contribution in [0.1, 0.15) is 70.1 Å². The smallest absolute Gasteiger partial charge is 0.124 e. The molecule has 96 valence electrons. The van der Waals surface area contributed by atoms with Gasteiger partial charge in [0.1, 0.15) is 5.75 Å². The molecule has 0 aromatic heterocycles. The van der Waals surface area contributed by atoms with Gasteiger partial charge in [-0.1, -0.05) is 39.8 Å². The molecule has 0 amide bonds. The number of rotatable bonds is 3. The number of phenolic OH excluding ortho intramolecular Hbond substituents is 1. The van der Waals surface area contributed by atoms with Crippen LogP contribution >= 0.6 is 0 Å². The monoisotopic (exact) mass is 235 g/mol. The lowest BCUT2D eigenvalue weighted by Gasteiger charge is -2.28. The van der Waals surface area contributed by atoms with Crippen molar-refractivity contribution in [2.75, 3.05) is 0 Å². The lowest BCUT2D eigenvalue weighted by molar-refractivity contribution is 0.427. The van der Waals surface area contributed by atoms with Crippen LogP contribution in [0.5, 0.6) is 5.75 Å². The van der Waals surface area contributed by atoms with Crippen molar-refractivity contribution in [3.05, 3.63) is 28.8 Å². The summed E-state index contributed by atoms with van der Waals surface area (Å²) in [5.74, 6) is 1.04. The molecule has 0 fully saturated rings. The fourth-order valence-corrected chi connectivity index (χ4v) is 2.25. The zero-order valence-electron chi connectivity index (χ0n) is 11.8. The van der Waals surface area contributed by atoms with Gasteiger partial charge in [0.2, 0.25) is 0 Å². The molecule has 0 heterocycles. The van der Waals surface area contributed by atoms with Gasteiger partial charge in [-0.3, -0.25) is 0 Å². The number of phenols is 1. The quantitative estimate of drug-likeness (QED) is 0.836. The number of hydrogen-bond acceptors (Lipinski definition) is 2. The molecule has 0 aliphatic rings. The Kier molecular flexibility index (Phi) is 3.88. The lowest BCUT2D eigenvalue weighted by atomic mass is 9.82. The first kappa shape index (κ1) is 14.0. The minimum Gasteiger partial charge on any atom is -0.507 e. The van der Waals surface area contributed by atoms with Crippen LogP contribution in [-0.4, -0.2) is 5.11 Å². The summed E-state index contributed by atoms with van der Waals surface area (Å²) < 4.78 is 0. The summed E-state index contributed by atoms with van der Waals surface area (Å²) in [6.45, 7) is 12.3. The standard InChI is InChI=1S/C15H25NO/c1-9(2)11-7-8-12(10(3)4)14(17)13(11)15(5,6)16/h7-10,17H,16H2,1-6H3. The van der Waals surface area contributed by atoms with E-state index in [0.717, 1.165) is 16.7 Å². The number of benzene rings is 1. The molecule has 0 unspecified atom stereocenters. The Bertz CT molecular complexity index is 400.